The molecule has 0 saturated carbocycles. The summed E-state index contributed by atoms with van der Waals surface area (Å²) in [5, 5.41) is 12.3. The number of hydrogen-bond donors (Lipinski definition) is 2. The maximum absolute atomic E-state index is 11.2. The van der Waals surface area contributed by atoms with E-state index < -0.39 is 12.0 Å². The third-order valence-corrected chi connectivity index (χ3v) is 3.93. The van der Waals surface area contributed by atoms with Gasteiger partial charge in [-0.2, -0.15) is 0 Å². The molecule has 0 spiro atoms. The van der Waals surface area contributed by atoms with Gasteiger partial charge < -0.3 is 15.2 Å². The highest BCUT2D eigenvalue weighted by Gasteiger charge is 2.16. The SMILES string of the molecule is CC(C)C[C@@H](NC/C=C/c1ccc(OCc2ccccc2)cc1)C(=O)O. The van der Waals surface area contributed by atoms with Crippen molar-refractivity contribution >= 4 is 12.0 Å². The van der Waals surface area contributed by atoms with Crippen LogP contribution >= 0.6 is 0 Å². The van der Waals surface area contributed by atoms with Gasteiger partial charge in [-0.25, -0.2) is 0 Å². The molecule has 138 valence electrons. The summed E-state index contributed by atoms with van der Waals surface area (Å²) < 4.78 is 5.77. The fraction of sp³-hybridized carbons (Fsp3) is 0.318. The van der Waals surface area contributed by atoms with Gasteiger partial charge in [0, 0.05) is 6.54 Å². The van der Waals surface area contributed by atoms with Crippen LogP contribution in [0.2, 0.25) is 0 Å². The largest absolute Gasteiger partial charge is 0.489 e. The van der Waals surface area contributed by atoms with Gasteiger partial charge in [0.1, 0.15) is 18.4 Å². The van der Waals surface area contributed by atoms with Crippen LogP contribution in [0.1, 0.15) is 31.4 Å². The molecule has 0 amide bonds. The fourth-order valence-electron chi connectivity index (χ4n) is 2.56. The van der Waals surface area contributed by atoms with Crippen LogP contribution in [0.3, 0.4) is 0 Å². The molecule has 1 atom stereocenters. The number of rotatable bonds is 10. The molecule has 0 aliphatic rings. The predicted octanol–water partition coefficient (Wildman–Crippen LogP) is 4.37. The first kappa shape index (κ1) is 19.7. The monoisotopic (exact) mass is 353 g/mol. The summed E-state index contributed by atoms with van der Waals surface area (Å²) in [7, 11) is 0. The van der Waals surface area contributed by atoms with Crippen LogP contribution in [0.25, 0.3) is 6.08 Å². The Hall–Kier alpha value is -2.59. The molecule has 0 unspecified atom stereocenters. The second-order valence-corrected chi connectivity index (χ2v) is 6.67. The van der Waals surface area contributed by atoms with Gasteiger partial charge in [-0.15, -0.1) is 0 Å². The molecule has 0 saturated heterocycles. The van der Waals surface area contributed by atoms with E-state index in [1.54, 1.807) is 0 Å². The maximum Gasteiger partial charge on any atom is 0.320 e. The Balaban J connectivity index is 1.79. The zero-order valence-corrected chi connectivity index (χ0v) is 15.4. The van der Waals surface area contributed by atoms with Crippen molar-refractivity contribution in [3.8, 4) is 5.75 Å². The van der Waals surface area contributed by atoms with Crippen LogP contribution in [0.4, 0.5) is 0 Å². The lowest BCUT2D eigenvalue weighted by atomic mass is 10.0. The van der Waals surface area contributed by atoms with Gasteiger partial charge in [0.15, 0.2) is 0 Å². The smallest absolute Gasteiger partial charge is 0.320 e. The summed E-state index contributed by atoms with van der Waals surface area (Å²) in [6.45, 7) is 5.12. The normalized spacial score (nSPS) is 12.4. The van der Waals surface area contributed by atoms with E-state index in [1.807, 2.05) is 80.6 Å². The molecule has 2 aromatic rings. The minimum absolute atomic E-state index is 0.344. The number of benzene rings is 2. The number of ether oxygens (including phenoxy) is 1. The molecule has 0 heterocycles. The van der Waals surface area contributed by atoms with Gasteiger partial charge in [-0.3, -0.25) is 4.79 Å². The third-order valence-electron chi connectivity index (χ3n) is 3.93. The third kappa shape index (κ3) is 7.11. The van der Waals surface area contributed by atoms with Crippen molar-refractivity contribution in [1.29, 1.82) is 0 Å². The number of aliphatic carboxylic acids is 1. The lowest BCUT2D eigenvalue weighted by Gasteiger charge is -2.15. The van der Waals surface area contributed by atoms with E-state index in [0.29, 0.717) is 25.5 Å². The average molecular weight is 353 g/mol. The van der Waals surface area contributed by atoms with E-state index >= 15 is 0 Å². The molecule has 26 heavy (non-hydrogen) atoms. The summed E-state index contributed by atoms with van der Waals surface area (Å²) in [6.07, 6.45) is 4.54. The number of carboxylic acids is 1. The Morgan fingerprint density at radius 2 is 1.81 bits per heavy atom. The number of hydrogen-bond acceptors (Lipinski definition) is 3. The van der Waals surface area contributed by atoms with E-state index in [2.05, 4.69) is 5.32 Å². The number of carboxylic acid groups (broad SMARTS) is 1. The van der Waals surface area contributed by atoms with Crippen LogP contribution in [0.5, 0.6) is 5.75 Å². The molecule has 0 aromatic heterocycles. The number of nitrogens with one attached hydrogen (secondary N) is 1. The standard InChI is InChI=1S/C22H27NO3/c1-17(2)15-21(22(24)25)23-14-6-9-18-10-12-20(13-11-18)26-16-19-7-4-3-5-8-19/h3-13,17,21,23H,14-16H2,1-2H3,(H,24,25)/b9-6+/t21-/m1/s1. The van der Waals surface area contributed by atoms with E-state index in [4.69, 9.17) is 4.74 Å². The Labute approximate surface area is 155 Å². The zero-order valence-electron chi connectivity index (χ0n) is 15.4. The molecular weight excluding hydrogens is 326 g/mol. The van der Waals surface area contributed by atoms with Crippen molar-refractivity contribution in [3.63, 3.8) is 0 Å². The first-order valence-corrected chi connectivity index (χ1v) is 8.94. The Bertz CT molecular complexity index is 693. The van der Waals surface area contributed by atoms with Gasteiger partial charge in [0.2, 0.25) is 0 Å². The average Bonchev–Trinajstić information content (AvgIpc) is 2.64. The molecule has 0 aliphatic carbocycles. The van der Waals surface area contributed by atoms with E-state index in [1.165, 1.54) is 0 Å². The molecule has 0 radical (unpaired) electrons. The fourth-order valence-corrected chi connectivity index (χ4v) is 2.56. The number of carbonyl (C=O) groups is 1. The Kier molecular flexibility index (Phi) is 7.90. The second-order valence-electron chi connectivity index (χ2n) is 6.67. The van der Waals surface area contributed by atoms with Crippen LogP contribution < -0.4 is 10.1 Å². The van der Waals surface area contributed by atoms with Crippen LogP contribution in [0, 0.1) is 5.92 Å². The summed E-state index contributed by atoms with van der Waals surface area (Å²) >= 11 is 0. The van der Waals surface area contributed by atoms with Crippen molar-refractivity contribution in [2.45, 2.75) is 32.9 Å². The summed E-state index contributed by atoms with van der Waals surface area (Å²) in [5.41, 5.74) is 2.19. The summed E-state index contributed by atoms with van der Waals surface area (Å²) in [5.74, 6) is 0.370. The van der Waals surface area contributed by atoms with Crippen molar-refractivity contribution < 1.29 is 14.6 Å². The van der Waals surface area contributed by atoms with Gasteiger partial charge in [-0.05, 0) is 35.6 Å². The quantitative estimate of drug-likeness (QED) is 0.666. The van der Waals surface area contributed by atoms with E-state index in [0.717, 1.165) is 16.9 Å². The lowest BCUT2D eigenvalue weighted by molar-refractivity contribution is -0.139. The molecule has 4 heteroatoms. The van der Waals surface area contributed by atoms with E-state index in [9.17, 15) is 9.90 Å². The highest BCUT2D eigenvalue weighted by Crippen LogP contribution is 2.15. The van der Waals surface area contributed by atoms with E-state index in [-0.39, 0.29) is 0 Å². The molecule has 2 aromatic carbocycles. The Morgan fingerprint density at radius 1 is 1.12 bits per heavy atom. The zero-order chi connectivity index (χ0) is 18.8. The van der Waals surface area contributed by atoms with Gasteiger partial charge in [0.05, 0.1) is 0 Å². The highest BCUT2D eigenvalue weighted by atomic mass is 16.5. The molecule has 2 N–H and O–H groups in total. The van der Waals surface area contributed by atoms with Crippen molar-refractivity contribution in [2.75, 3.05) is 6.54 Å². The lowest BCUT2D eigenvalue weighted by Crippen LogP contribution is -2.37. The highest BCUT2D eigenvalue weighted by molar-refractivity contribution is 5.73. The van der Waals surface area contributed by atoms with Crippen LogP contribution in [0.15, 0.2) is 60.7 Å². The van der Waals surface area contributed by atoms with Crippen molar-refractivity contribution in [1.82, 2.24) is 5.32 Å². The molecule has 0 aliphatic heterocycles. The summed E-state index contributed by atoms with van der Waals surface area (Å²) in [4.78, 5) is 11.2. The topological polar surface area (TPSA) is 58.6 Å². The maximum atomic E-state index is 11.2. The van der Waals surface area contributed by atoms with Crippen LogP contribution in [-0.4, -0.2) is 23.7 Å². The van der Waals surface area contributed by atoms with Gasteiger partial charge >= 0.3 is 5.97 Å². The van der Waals surface area contributed by atoms with Gasteiger partial charge in [0.25, 0.3) is 0 Å². The Morgan fingerprint density at radius 3 is 2.42 bits per heavy atom. The summed E-state index contributed by atoms with van der Waals surface area (Å²) in [6, 6.07) is 17.4. The predicted molar refractivity (Wildman–Crippen MR) is 105 cm³/mol. The van der Waals surface area contributed by atoms with Gasteiger partial charge in [-0.1, -0.05) is 68.5 Å². The molecule has 0 bridgehead atoms. The minimum atomic E-state index is -0.799. The molecule has 0 fully saturated rings. The second kappa shape index (κ2) is 10.4. The van der Waals surface area contributed by atoms with Crippen LogP contribution in [-0.2, 0) is 11.4 Å². The first-order valence-electron chi connectivity index (χ1n) is 8.94. The molecular formula is C22H27NO3. The first-order chi connectivity index (χ1) is 12.5. The minimum Gasteiger partial charge on any atom is -0.489 e. The molecule has 4 nitrogen and oxygen atoms in total. The van der Waals surface area contributed by atoms with Crippen molar-refractivity contribution in [3.05, 3.63) is 71.8 Å². The van der Waals surface area contributed by atoms with Crippen molar-refractivity contribution in [2.24, 2.45) is 5.92 Å². The molecule has 2 rings (SSSR count).